The lowest BCUT2D eigenvalue weighted by atomic mass is 10.1. The molecule has 1 heterocycles. The molecular weight excluding hydrogens is 248 g/mol. The number of rotatable bonds is 1. The monoisotopic (exact) mass is 261 g/mol. The highest BCUT2D eigenvalue weighted by Gasteiger charge is 2.25. The van der Waals surface area contributed by atoms with Crippen LogP contribution in [0.4, 0.5) is 8.78 Å². The SMILES string of the molecule is O=S1(=O)CCCNC(c2ccc(F)cc2F)C1. The second kappa shape index (κ2) is 4.70. The normalized spacial score (nSPS) is 24.2. The zero-order chi connectivity index (χ0) is 12.5. The van der Waals surface area contributed by atoms with Gasteiger partial charge in [-0.3, -0.25) is 0 Å². The molecule has 2 rings (SSSR count). The fourth-order valence-corrected chi connectivity index (χ4v) is 3.50. The van der Waals surface area contributed by atoms with Crippen LogP contribution in [-0.2, 0) is 9.84 Å². The van der Waals surface area contributed by atoms with E-state index in [0.29, 0.717) is 13.0 Å². The van der Waals surface area contributed by atoms with E-state index in [1.807, 2.05) is 0 Å². The zero-order valence-electron chi connectivity index (χ0n) is 9.12. The van der Waals surface area contributed by atoms with Gasteiger partial charge in [0.25, 0.3) is 0 Å². The minimum Gasteiger partial charge on any atom is -0.309 e. The minimum atomic E-state index is -3.17. The summed E-state index contributed by atoms with van der Waals surface area (Å²) in [7, 11) is -3.17. The Kier molecular flexibility index (Phi) is 3.44. The Labute approximate surface area is 98.8 Å². The van der Waals surface area contributed by atoms with E-state index < -0.39 is 27.5 Å². The number of nitrogens with one attached hydrogen (secondary N) is 1. The minimum absolute atomic E-state index is 0.110. The first-order valence-corrected chi connectivity index (χ1v) is 7.19. The Bertz CT molecular complexity index is 516. The van der Waals surface area contributed by atoms with Crippen LogP contribution in [0.25, 0.3) is 0 Å². The van der Waals surface area contributed by atoms with Gasteiger partial charge in [-0.05, 0) is 19.0 Å². The molecule has 1 atom stereocenters. The summed E-state index contributed by atoms with van der Waals surface area (Å²) in [4.78, 5) is 0. The van der Waals surface area contributed by atoms with Crippen LogP contribution < -0.4 is 5.32 Å². The third kappa shape index (κ3) is 3.01. The zero-order valence-corrected chi connectivity index (χ0v) is 9.93. The number of benzene rings is 1. The van der Waals surface area contributed by atoms with E-state index in [4.69, 9.17) is 0 Å². The molecule has 0 aromatic heterocycles. The van der Waals surface area contributed by atoms with Gasteiger partial charge in [-0.15, -0.1) is 0 Å². The van der Waals surface area contributed by atoms with E-state index in [1.54, 1.807) is 0 Å². The molecule has 0 bridgehead atoms. The van der Waals surface area contributed by atoms with Gasteiger partial charge in [0.1, 0.15) is 11.6 Å². The van der Waals surface area contributed by atoms with Gasteiger partial charge in [-0.2, -0.15) is 0 Å². The molecule has 94 valence electrons. The Balaban J connectivity index is 2.32. The van der Waals surface area contributed by atoms with Crippen molar-refractivity contribution in [1.29, 1.82) is 0 Å². The summed E-state index contributed by atoms with van der Waals surface area (Å²) < 4.78 is 49.5. The van der Waals surface area contributed by atoms with Crippen LogP contribution in [0.15, 0.2) is 18.2 Å². The summed E-state index contributed by atoms with van der Waals surface area (Å²) in [6.07, 6.45) is 0.516. The van der Waals surface area contributed by atoms with Crippen molar-refractivity contribution in [3.05, 3.63) is 35.4 Å². The number of halogens is 2. The molecule has 1 N–H and O–H groups in total. The van der Waals surface area contributed by atoms with E-state index in [0.717, 1.165) is 12.1 Å². The second-order valence-electron chi connectivity index (χ2n) is 4.14. The predicted octanol–water partition coefficient (Wildman–Crippen LogP) is 1.41. The van der Waals surface area contributed by atoms with Crippen LogP contribution in [0.1, 0.15) is 18.0 Å². The van der Waals surface area contributed by atoms with Gasteiger partial charge in [-0.25, -0.2) is 17.2 Å². The molecule has 1 fully saturated rings. The topological polar surface area (TPSA) is 46.2 Å². The lowest BCUT2D eigenvalue weighted by Crippen LogP contribution is -2.26. The first-order chi connectivity index (χ1) is 7.98. The van der Waals surface area contributed by atoms with Crippen molar-refractivity contribution < 1.29 is 17.2 Å². The Morgan fingerprint density at radius 1 is 1.29 bits per heavy atom. The third-order valence-electron chi connectivity index (χ3n) is 2.78. The smallest absolute Gasteiger partial charge is 0.152 e. The lowest BCUT2D eigenvalue weighted by Gasteiger charge is -2.16. The summed E-state index contributed by atoms with van der Waals surface area (Å²) in [5, 5.41) is 2.97. The van der Waals surface area contributed by atoms with Gasteiger partial charge >= 0.3 is 0 Å². The fourth-order valence-electron chi connectivity index (χ4n) is 1.95. The van der Waals surface area contributed by atoms with Gasteiger partial charge in [0.2, 0.25) is 0 Å². The molecule has 17 heavy (non-hydrogen) atoms. The fraction of sp³-hybridized carbons (Fsp3) is 0.455. The first kappa shape index (κ1) is 12.4. The van der Waals surface area contributed by atoms with Gasteiger partial charge < -0.3 is 5.32 Å². The molecule has 6 heteroatoms. The van der Waals surface area contributed by atoms with E-state index in [1.165, 1.54) is 6.07 Å². The number of sulfone groups is 1. The van der Waals surface area contributed by atoms with Crippen molar-refractivity contribution >= 4 is 9.84 Å². The molecule has 3 nitrogen and oxygen atoms in total. The molecule has 1 saturated heterocycles. The third-order valence-corrected chi connectivity index (χ3v) is 4.53. The van der Waals surface area contributed by atoms with Crippen LogP contribution in [0.5, 0.6) is 0 Å². The lowest BCUT2D eigenvalue weighted by molar-refractivity contribution is 0.522. The van der Waals surface area contributed by atoms with Crippen molar-refractivity contribution in [1.82, 2.24) is 5.32 Å². The molecule has 0 amide bonds. The summed E-state index contributed by atoms with van der Waals surface area (Å²) in [6, 6.07) is 2.61. The predicted molar refractivity (Wildman–Crippen MR) is 60.4 cm³/mol. The summed E-state index contributed by atoms with van der Waals surface area (Å²) in [6.45, 7) is 0.515. The largest absolute Gasteiger partial charge is 0.309 e. The molecular formula is C11H13F2NO2S. The quantitative estimate of drug-likeness (QED) is 0.831. The first-order valence-electron chi connectivity index (χ1n) is 5.37. The average Bonchev–Trinajstić information content (AvgIpc) is 2.39. The molecule has 1 unspecified atom stereocenters. The summed E-state index contributed by atoms with van der Waals surface area (Å²) in [5.41, 5.74) is 0.205. The van der Waals surface area contributed by atoms with Crippen LogP contribution >= 0.6 is 0 Å². The van der Waals surface area contributed by atoms with Crippen LogP contribution in [-0.4, -0.2) is 26.5 Å². The molecule has 1 aromatic rings. The van der Waals surface area contributed by atoms with E-state index in [2.05, 4.69) is 5.32 Å². The van der Waals surface area contributed by atoms with Crippen molar-refractivity contribution in [3.63, 3.8) is 0 Å². The molecule has 1 aromatic carbocycles. The van der Waals surface area contributed by atoms with Gasteiger partial charge in [0, 0.05) is 17.7 Å². The maximum atomic E-state index is 13.5. The van der Waals surface area contributed by atoms with Crippen molar-refractivity contribution in [3.8, 4) is 0 Å². The Morgan fingerprint density at radius 3 is 2.76 bits per heavy atom. The molecule has 0 aliphatic carbocycles. The molecule has 1 aliphatic heterocycles. The second-order valence-corrected chi connectivity index (χ2v) is 6.37. The maximum absolute atomic E-state index is 13.5. The van der Waals surface area contributed by atoms with E-state index >= 15 is 0 Å². The van der Waals surface area contributed by atoms with Crippen molar-refractivity contribution in [2.24, 2.45) is 0 Å². The van der Waals surface area contributed by atoms with Crippen LogP contribution in [0.3, 0.4) is 0 Å². The molecule has 1 aliphatic rings. The highest BCUT2D eigenvalue weighted by molar-refractivity contribution is 7.91. The molecule has 0 radical (unpaired) electrons. The average molecular weight is 261 g/mol. The Hall–Kier alpha value is -1.01. The highest BCUT2D eigenvalue weighted by atomic mass is 32.2. The maximum Gasteiger partial charge on any atom is 0.152 e. The number of hydrogen-bond donors (Lipinski definition) is 1. The molecule has 0 saturated carbocycles. The van der Waals surface area contributed by atoms with Gasteiger partial charge in [0.05, 0.1) is 11.5 Å². The summed E-state index contributed by atoms with van der Waals surface area (Å²) in [5.74, 6) is -1.41. The van der Waals surface area contributed by atoms with Crippen molar-refractivity contribution in [2.75, 3.05) is 18.1 Å². The standard InChI is InChI=1S/C11H13F2NO2S/c12-8-2-3-9(10(13)6-8)11-7-17(15,16)5-1-4-14-11/h2-3,6,11,14H,1,4-5,7H2. The molecule has 0 spiro atoms. The van der Waals surface area contributed by atoms with E-state index in [-0.39, 0.29) is 17.1 Å². The highest BCUT2D eigenvalue weighted by Crippen LogP contribution is 2.21. The van der Waals surface area contributed by atoms with E-state index in [9.17, 15) is 17.2 Å². The van der Waals surface area contributed by atoms with Crippen LogP contribution in [0, 0.1) is 11.6 Å². The van der Waals surface area contributed by atoms with Gasteiger partial charge in [0.15, 0.2) is 9.84 Å². The van der Waals surface area contributed by atoms with Gasteiger partial charge in [-0.1, -0.05) is 6.07 Å². The van der Waals surface area contributed by atoms with Crippen LogP contribution in [0.2, 0.25) is 0 Å². The number of hydrogen-bond acceptors (Lipinski definition) is 3. The Morgan fingerprint density at radius 2 is 2.06 bits per heavy atom. The summed E-state index contributed by atoms with van der Waals surface area (Å²) >= 11 is 0. The van der Waals surface area contributed by atoms with Crippen molar-refractivity contribution in [2.45, 2.75) is 12.5 Å².